The van der Waals surface area contributed by atoms with Crippen LogP contribution in [0.5, 0.6) is 5.75 Å². The van der Waals surface area contributed by atoms with Gasteiger partial charge in [-0.15, -0.1) is 0 Å². The third-order valence-corrected chi connectivity index (χ3v) is 4.60. The second-order valence-electron chi connectivity index (χ2n) is 6.58. The van der Waals surface area contributed by atoms with E-state index < -0.39 is 35.9 Å². The van der Waals surface area contributed by atoms with E-state index in [0.717, 1.165) is 4.90 Å². The number of hydrogen-bond acceptors (Lipinski definition) is 8. The quantitative estimate of drug-likeness (QED) is 0.266. The summed E-state index contributed by atoms with van der Waals surface area (Å²) in [5.74, 6) is -2.75. The summed E-state index contributed by atoms with van der Waals surface area (Å²) >= 11 is 0. The van der Waals surface area contributed by atoms with Crippen LogP contribution in [0.25, 0.3) is 11.0 Å². The van der Waals surface area contributed by atoms with E-state index in [-0.39, 0.29) is 34.6 Å². The summed E-state index contributed by atoms with van der Waals surface area (Å²) < 4.78 is 15.1. The Morgan fingerprint density at radius 3 is 2.29 bits per heavy atom. The molecule has 0 unspecified atom stereocenters. The molecule has 1 aliphatic heterocycles. The first-order valence-corrected chi connectivity index (χ1v) is 9.30. The van der Waals surface area contributed by atoms with Gasteiger partial charge in [0.25, 0.3) is 11.8 Å². The van der Waals surface area contributed by atoms with E-state index >= 15 is 0 Å². The number of rotatable bonds is 5. The van der Waals surface area contributed by atoms with Gasteiger partial charge in [-0.05, 0) is 37.3 Å². The topological polar surface area (TPSA) is 120 Å². The molecule has 0 saturated heterocycles. The van der Waals surface area contributed by atoms with Gasteiger partial charge in [-0.2, -0.15) is 0 Å². The molecule has 2 aromatic carbocycles. The Kier molecular flexibility index (Phi) is 5.08. The first-order valence-electron chi connectivity index (χ1n) is 9.30. The molecule has 9 nitrogen and oxygen atoms in total. The van der Waals surface area contributed by atoms with Crippen LogP contribution in [-0.2, 0) is 9.53 Å². The van der Waals surface area contributed by atoms with E-state index in [1.165, 1.54) is 36.4 Å². The molecule has 0 N–H and O–H groups in total. The zero-order valence-electron chi connectivity index (χ0n) is 16.2. The van der Waals surface area contributed by atoms with E-state index in [0.29, 0.717) is 5.39 Å². The van der Waals surface area contributed by atoms with E-state index in [1.54, 1.807) is 19.1 Å². The highest BCUT2D eigenvalue weighted by molar-refractivity contribution is 6.22. The van der Waals surface area contributed by atoms with Gasteiger partial charge in [0.05, 0.1) is 17.7 Å². The molecule has 0 bridgehead atoms. The fraction of sp³-hybridized carbons (Fsp3) is 0.136. The van der Waals surface area contributed by atoms with Crippen molar-refractivity contribution in [1.82, 2.24) is 4.90 Å². The number of carbonyl (C=O) groups is 4. The zero-order valence-corrected chi connectivity index (χ0v) is 16.2. The van der Waals surface area contributed by atoms with Crippen molar-refractivity contribution in [3.05, 3.63) is 75.6 Å². The first-order chi connectivity index (χ1) is 14.9. The van der Waals surface area contributed by atoms with Gasteiger partial charge in [0.2, 0.25) is 0 Å². The maximum atomic E-state index is 12.4. The Balaban J connectivity index is 1.51. The number of fused-ring (bicyclic) bond motifs is 2. The first kappa shape index (κ1) is 20.0. The minimum atomic E-state index is -0.888. The summed E-state index contributed by atoms with van der Waals surface area (Å²) in [6, 6.07) is 11.8. The smallest absolute Gasteiger partial charge is 0.351 e. The Morgan fingerprint density at radius 2 is 1.65 bits per heavy atom. The summed E-state index contributed by atoms with van der Waals surface area (Å²) in [6.07, 6.45) is 0. The molecule has 3 aromatic rings. The summed E-state index contributed by atoms with van der Waals surface area (Å²) in [5.41, 5.74) is -0.593. The molecule has 31 heavy (non-hydrogen) atoms. The lowest BCUT2D eigenvalue weighted by Crippen LogP contribution is -2.36. The number of esters is 2. The van der Waals surface area contributed by atoms with Crippen molar-refractivity contribution in [3.63, 3.8) is 0 Å². The minimum absolute atomic E-state index is 0.0427. The second-order valence-corrected chi connectivity index (χ2v) is 6.58. The largest absolute Gasteiger partial charge is 0.462 e. The molecule has 1 aliphatic rings. The van der Waals surface area contributed by atoms with Gasteiger partial charge in [0.15, 0.2) is 0 Å². The summed E-state index contributed by atoms with van der Waals surface area (Å²) in [5, 5.41) is 0.419. The number of hydrogen-bond donors (Lipinski definition) is 0. The van der Waals surface area contributed by atoms with Crippen molar-refractivity contribution in [2.24, 2.45) is 0 Å². The van der Waals surface area contributed by atoms with Crippen LogP contribution in [0.2, 0.25) is 0 Å². The van der Waals surface area contributed by atoms with Gasteiger partial charge < -0.3 is 13.9 Å². The number of amides is 2. The lowest BCUT2D eigenvalue weighted by Gasteiger charge is -2.13. The monoisotopic (exact) mass is 421 g/mol. The normalized spacial score (nSPS) is 12.7. The summed E-state index contributed by atoms with van der Waals surface area (Å²) in [7, 11) is 0. The van der Waals surface area contributed by atoms with E-state index in [2.05, 4.69) is 0 Å². The number of ether oxygens (including phenoxy) is 2. The van der Waals surface area contributed by atoms with E-state index in [1.807, 2.05) is 0 Å². The molecule has 4 rings (SSSR count). The number of benzene rings is 2. The van der Waals surface area contributed by atoms with Gasteiger partial charge in [0.1, 0.15) is 23.4 Å². The van der Waals surface area contributed by atoms with Crippen LogP contribution < -0.4 is 10.4 Å². The molecule has 0 saturated carbocycles. The predicted octanol–water partition coefficient (Wildman–Crippen LogP) is 2.17. The number of imide groups is 1. The van der Waals surface area contributed by atoms with Gasteiger partial charge in [-0.25, -0.2) is 14.4 Å². The minimum Gasteiger partial charge on any atom is -0.462 e. The maximum absolute atomic E-state index is 12.4. The highest BCUT2D eigenvalue weighted by Gasteiger charge is 2.36. The molecule has 156 valence electrons. The predicted molar refractivity (Wildman–Crippen MR) is 106 cm³/mol. The molecule has 2 heterocycles. The van der Waals surface area contributed by atoms with Crippen LogP contribution in [0.3, 0.4) is 0 Å². The molecule has 0 spiro atoms. The molecule has 9 heteroatoms. The molecular formula is C22H15NO8. The van der Waals surface area contributed by atoms with Crippen LogP contribution in [-0.4, -0.2) is 41.8 Å². The fourth-order valence-electron chi connectivity index (χ4n) is 3.18. The SMILES string of the molecule is CCOC(=O)c1cc2ccc(OC(=O)CN3C(=O)c4ccccc4C3=O)cc2oc1=O. The number of nitrogens with zero attached hydrogens (tertiary/aromatic N) is 1. The molecular weight excluding hydrogens is 406 g/mol. The van der Waals surface area contributed by atoms with E-state index in [4.69, 9.17) is 13.9 Å². The van der Waals surface area contributed by atoms with Gasteiger partial charge in [-0.1, -0.05) is 12.1 Å². The molecule has 1 aromatic heterocycles. The zero-order chi connectivity index (χ0) is 22.1. The van der Waals surface area contributed by atoms with Crippen molar-refractivity contribution in [1.29, 1.82) is 0 Å². The van der Waals surface area contributed by atoms with Crippen LogP contribution in [0, 0.1) is 0 Å². The van der Waals surface area contributed by atoms with E-state index in [9.17, 15) is 24.0 Å². The van der Waals surface area contributed by atoms with Gasteiger partial charge >= 0.3 is 17.6 Å². The van der Waals surface area contributed by atoms with Crippen LogP contribution in [0.4, 0.5) is 0 Å². The maximum Gasteiger partial charge on any atom is 0.351 e. The molecule has 0 fully saturated rings. The third-order valence-electron chi connectivity index (χ3n) is 4.60. The van der Waals surface area contributed by atoms with Crippen LogP contribution in [0.15, 0.2) is 57.7 Å². The average Bonchev–Trinajstić information content (AvgIpc) is 2.98. The summed E-state index contributed by atoms with van der Waals surface area (Å²) in [4.78, 5) is 61.7. The van der Waals surface area contributed by atoms with Crippen LogP contribution >= 0.6 is 0 Å². The van der Waals surface area contributed by atoms with Crippen LogP contribution in [0.1, 0.15) is 38.0 Å². The Labute approximate surface area is 174 Å². The lowest BCUT2D eigenvalue weighted by molar-refractivity contribution is -0.134. The molecule has 0 atom stereocenters. The van der Waals surface area contributed by atoms with Gasteiger partial charge in [0, 0.05) is 11.5 Å². The van der Waals surface area contributed by atoms with Crippen molar-refractivity contribution >= 4 is 34.7 Å². The summed E-state index contributed by atoms with van der Waals surface area (Å²) in [6.45, 7) is 1.15. The Bertz CT molecular complexity index is 1270. The fourth-order valence-corrected chi connectivity index (χ4v) is 3.18. The average molecular weight is 421 g/mol. The molecule has 0 aliphatic carbocycles. The second kappa shape index (κ2) is 7.86. The Morgan fingerprint density at radius 1 is 0.968 bits per heavy atom. The highest BCUT2D eigenvalue weighted by atomic mass is 16.5. The Hall–Kier alpha value is -4.27. The van der Waals surface area contributed by atoms with Crippen molar-refractivity contribution in [2.45, 2.75) is 6.92 Å². The van der Waals surface area contributed by atoms with Crippen molar-refractivity contribution < 1.29 is 33.1 Å². The van der Waals surface area contributed by atoms with Crippen molar-refractivity contribution in [2.75, 3.05) is 13.2 Å². The van der Waals surface area contributed by atoms with Crippen molar-refractivity contribution in [3.8, 4) is 5.75 Å². The molecule has 0 radical (unpaired) electrons. The molecule has 2 amide bonds. The number of carbonyl (C=O) groups excluding carboxylic acids is 4. The highest BCUT2D eigenvalue weighted by Crippen LogP contribution is 2.24. The lowest BCUT2D eigenvalue weighted by atomic mass is 10.1. The van der Waals surface area contributed by atoms with Gasteiger partial charge in [-0.3, -0.25) is 14.5 Å². The third kappa shape index (κ3) is 3.68. The standard InChI is InChI=1S/C22H15NO8/c1-2-29-21(27)16-9-12-7-8-13(10-17(12)31-22(16)28)30-18(24)11-23-19(25)14-5-3-4-6-15(14)20(23)26/h3-10H,2,11H2,1H3.